The summed E-state index contributed by atoms with van der Waals surface area (Å²) in [6, 6.07) is 9.44. The predicted molar refractivity (Wildman–Crippen MR) is 75.6 cm³/mol. The second-order valence-electron chi connectivity index (χ2n) is 5.20. The third-order valence-electron chi connectivity index (χ3n) is 3.87. The minimum absolute atomic E-state index is 0.445. The number of benzene rings is 1. The van der Waals surface area contributed by atoms with Crippen LogP contribution in [0.25, 0.3) is 0 Å². The van der Waals surface area contributed by atoms with Crippen molar-refractivity contribution in [3.05, 3.63) is 29.3 Å². The van der Waals surface area contributed by atoms with Gasteiger partial charge in [-0.2, -0.15) is 10.5 Å². The van der Waals surface area contributed by atoms with E-state index in [0.717, 1.165) is 18.2 Å². The molecule has 0 unspecified atom stereocenters. The second-order valence-corrected chi connectivity index (χ2v) is 5.20. The monoisotopic (exact) mass is 253 g/mol. The highest BCUT2D eigenvalue weighted by Gasteiger charge is 2.12. The summed E-state index contributed by atoms with van der Waals surface area (Å²) >= 11 is 0. The molecular formula is C16H19N3. The molecule has 1 aliphatic carbocycles. The van der Waals surface area contributed by atoms with E-state index >= 15 is 0 Å². The highest BCUT2D eigenvalue weighted by Crippen LogP contribution is 2.26. The van der Waals surface area contributed by atoms with E-state index in [1.165, 1.54) is 38.5 Å². The molecule has 0 bridgehead atoms. The number of anilines is 1. The summed E-state index contributed by atoms with van der Waals surface area (Å²) in [4.78, 5) is 0. The number of nitrogens with zero attached hydrogens (tertiary/aromatic N) is 2. The second kappa shape index (κ2) is 6.81. The van der Waals surface area contributed by atoms with Crippen LogP contribution in [0.4, 0.5) is 5.69 Å². The molecule has 0 amide bonds. The van der Waals surface area contributed by atoms with Crippen molar-refractivity contribution >= 4 is 5.69 Å². The van der Waals surface area contributed by atoms with Crippen molar-refractivity contribution in [1.29, 1.82) is 10.5 Å². The van der Waals surface area contributed by atoms with E-state index in [4.69, 9.17) is 10.5 Å². The molecule has 0 aromatic heterocycles. The lowest BCUT2D eigenvalue weighted by Gasteiger charge is -2.21. The number of rotatable bonds is 4. The van der Waals surface area contributed by atoms with Crippen molar-refractivity contribution in [2.24, 2.45) is 5.92 Å². The zero-order chi connectivity index (χ0) is 13.5. The van der Waals surface area contributed by atoms with E-state index in [2.05, 4.69) is 11.4 Å². The zero-order valence-corrected chi connectivity index (χ0v) is 11.2. The van der Waals surface area contributed by atoms with Crippen LogP contribution in [0.5, 0.6) is 0 Å². The first kappa shape index (κ1) is 13.4. The van der Waals surface area contributed by atoms with Gasteiger partial charge in [0.05, 0.1) is 11.1 Å². The maximum atomic E-state index is 8.97. The summed E-state index contributed by atoms with van der Waals surface area (Å²) in [5, 5.41) is 21.2. The van der Waals surface area contributed by atoms with Gasteiger partial charge in [-0.05, 0) is 30.5 Å². The average molecular weight is 253 g/mol. The first-order valence-corrected chi connectivity index (χ1v) is 7.01. The quantitative estimate of drug-likeness (QED) is 0.887. The summed E-state index contributed by atoms with van der Waals surface area (Å²) in [5.74, 6) is 0.857. The normalized spacial score (nSPS) is 15.5. The van der Waals surface area contributed by atoms with Crippen molar-refractivity contribution in [2.45, 2.75) is 38.5 Å². The molecule has 19 heavy (non-hydrogen) atoms. The average Bonchev–Trinajstić information content (AvgIpc) is 2.48. The Morgan fingerprint density at radius 1 is 1.05 bits per heavy atom. The fraction of sp³-hybridized carbons (Fsp3) is 0.500. The Morgan fingerprint density at radius 2 is 1.79 bits per heavy atom. The molecule has 0 heterocycles. The first-order chi connectivity index (χ1) is 9.33. The summed E-state index contributed by atoms with van der Waals surface area (Å²) in [6.07, 6.45) is 8.06. The Kier molecular flexibility index (Phi) is 4.81. The van der Waals surface area contributed by atoms with Crippen molar-refractivity contribution in [3.8, 4) is 12.1 Å². The topological polar surface area (TPSA) is 59.6 Å². The van der Waals surface area contributed by atoms with Crippen LogP contribution >= 0.6 is 0 Å². The number of hydrogen-bond donors (Lipinski definition) is 1. The molecule has 0 atom stereocenters. The van der Waals surface area contributed by atoms with Crippen LogP contribution in [0.3, 0.4) is 0 Å². The molecule has 98 valence electrons. The van der Waals surface area contributed by atoms with Gasteiger partial charge in [0.15, 0.2) is 0 Å². The van der Waals surface area contributed by atoms with Gasteiger partial charge in [-0.1, -0.05) is 32.1 Å². The van der Waals surface area contributed by atoms with Crippen LogP contribution in [-0.2, 0) is 0 Å². The van der Waals surface area contributed by atoms with Crippen molar-refractivity contribution in [2.75, 3.05) is 11.9 Å². The zero-order valence-electron chi connectivity index (χ0n) is 11.2. The van der Waals surface area contributed by atoms with Crippen molar-refractivity contribution in [3.63, 3.8) is 0 Å². The van der Waals surface area contributed by atoms with Crippen LogP contribution < -0.4 is 5.32 Å². The summed E-state index contributed by atoms with van der Waals surface area (Å²) in [7, 11) is 0. The maximum Gasteiger partial charge on any atom is 0.101 e. The minimum Gasteiger partial charge on any atom is -0.385 e. The van der Waals surface area contributed by atoms with Gasteiger partial charge in [-0.25, -0.2) is 0 Å². The first-order valence-electron chi connectivity index (χ1n) is 7.01. The van der Waals surface area contributed by atoms with Crippen LogP contribution in [-0.4, -0.2) is 6.54 Å². The van der Waals surface area contributed by atoms with Crippen molar-refractivity contribution < 1.29 is 0 Å². The van der Waals surface area contributed by atoms with Gasteiger partial charge in [0.1, 0.15) is 12.1 Å². The molecule has 2 rings (SSSR count). The summed E-state index contributed by atoms with van der Waals surface area (Å²) in [5.41, 5.74) is 1.83. The maximum absolute atomic E-state index is 8.97. The lowest BCUT2D eigenvalue weighted by Crippen LogP contribution is -2.12. The highest BCUT2D eigenvalue weighted by atomic mass is 14.9. The van der Waals surface area contributed by atoms with E-state index in [-0.39, 0.29) is 0 Å². The van der Waals surface area contributed by atoms with Gasteiger partial charge in [-0.3, -0.25) is 0 Å². The summed E-state index contributed by atoms with van der Waals surface area (Å²) < 4.78 is 0. The van der Waals surface area contributed by atoms with Gasteiger partial charge >= 0.3 is 0 Å². The third kappa shape index (κ3) is 3.73. The molecule has 1 N–H and O–H groups in total. The molecular weight excluding hydrogens is 234 g/mol. The fourth-order valence-corrected chi connectivity index (χ4v) is 2.74. The van der Waals surface area contributed by atoms with Gasteiger partial charge in [-0.15, -0.1) is 0 Å². The highest BCUT2D eigenvalue weighted by molar-refractivity contribution is 5.56. The van der Waals surface area contributed by atoms with E-state index in [0.29, 0.717) is 11.1 Å². The van der Waals surface area contributed by atoms with Crippen LogP contribution in [0.2, 0.25) is 0 Å². The SMILES string of the molecule is N#Cc1ccc(NCCC2CCCCC2)cc1C#N. The lowest BCUT2D eigenvalue weighted by molar-refractivity contribution is 0.345. The molecule has 1 fully saturated rings. The largest absolute Gasteiger partial charge is 0.385 e. The van der Waals surface area contributed by atoms with Gasteiger partial charge < -0.3 is 5.32 Å². The Hall–Kier alpha value is -2.00. The van der Waals surface area contributed by atoms with Crippen LogP contribution in [0.1, 0.15) is 49.7 Å². The van der Waals surface area contributed by atoms with Gasteiger partial charge in [0.25, 0.3) is 0 Å². The Labute approximate surface area is 114 Å². The predicted octanol–water partition coefficient (Wildman–Crippen LogP) is 3.81. The Bertz CT molecular complexity index is 502. The fourth-order valence-electron chi connectivity index (χ4n) is 2.74. The number of hydrogen-bond acceptors (Lipinski definition) is 3. The number of nitriles is 2. The van der Waals surface area contributed by atoms with Crippen molar-refractivity contribution in [1.82, 2.24) is 0 Å². The van der Waals surface area contributed by atoms with E-state index in [9.17, 15) is 0 Å². The molecule has 1 saturated carbocycles. The van der Waals surface area contributed by atoms with Crippen LogP contribution in [0, 0.1) is 28.6 Å². The smallest absolute Gasteiger partial charge is 0.101 e. The molecule has 0 saturated heterocycles. The molecule has 0 spiro atoms. The standard InChI is InChI=1S/C16H19N3/c17-11-14-6-7-16(10-15(14)12-18)19-9-8-13-4-2-1-3-5-13/h6-7,10,13,19H,1-5,8-9H2. The molecule has 3 heteroatoms. The van der Waals surface area contributed by atoms with Gasteiger partial charge in [0, 0.05) is 12.2 Å². The summed E-state index contributed by atoms with van der Waals surface area (Å²) in [6.45, 7) is 0.946. The molecule has 1 aliphatic rings. The molecule has 1 aromatic rings. The van der Waals surface area contributed by atoms with E-state index in [1.807, 2.05) is 12.1 Å². The number of nitrogens with one attached hydrogen (secondary N) is 1. The van der Waals surface area contributed by atoms with E-state index in [1.54, 1.807) is 12.1 Å². The third-order valence-corrected chi connectivity index (χ3v) is 3.87. The minimum atomic E-state index is 0.445. The Morgan fingerprint density at radius 3 is 2.47 bits per heavy atom. The van der Waals surface area contributed by atoms with E-state index < -0.39 is 0 Å². The Balaban J connectivity index is 1.86. The molecule has 0 radical (unpaired) electrons. The molecule has 1 aromatic carbocycles. The lowest BCUT2D eigenvalue weighted by atomic mass is 9.87. The molecule has 3 nitrogen and oxygen atoms in total. The van der Waals surface area contributed by atoms with Crippen LogP contribution in [0.15, 0.2) is 18.2 Å². The van der Waals surface area contributed by atoms with Gasteiger partial charge in [0.2, 0.25) is 0 Å². The molecule has 0 aliphatic heterocycles.